The van der Waals surface area contributed by atoms with Gasteiger partial charge in [-0.3, -0.25) is 14.5 Å². The third kappa shape index (κ3) is 5.95. The van der Waals surface area contributed by atoms with Crippen molar-refractivity contribution in [3.63, 3.8) is 0 Å². The highest BCUT2D eigenvalue weighted by molar-refractivity contribution is 8.00. The zero-order chi connectivity index (χ0) is 28.1. The van der Waals surface area contributed by atoms with Gasteiger partial charge in [0.15, 0.2) is 0 Å². The number of fused-ring (bicyclic) bond motifs is 1. The molecule has 1 atom stereocenters. The smallest absolute Gasteiger partial charge is 0.240 e. The number of carbonyl (C=O) groups is 2. The number of hydrogen-bond acceptors (Lipinski definition) is 5. The van der Waals surface area contributed by atoms with Gasteiger partial charge in [0.05, 0.1) is 22.4 Å². The molecule has 9 heteroatoms. The maximum Gasteiger partial charge on any atom is 0.240 e. The first kappa shape index (κ1) is 27.6. The number of thioether (sulfide) groups is 1. The van der Waals surface area contributed by atoms with E-state index in [0.29, 0.717) is 31.1 Å². The summed E-state index contributed by atoms with van der Waals surface area (Å²) >= 11 is 1.41. The van der Waals surface area contributed by atoms with E-state index in [1.54, 1.807) is 17.9 Å². The summed E-state index contributed by atoms with van der Waals surface area (Å²) in [6.45, 7) is 2.80. The van der Waals surface area contributed by atoms with Gasteiger partial charge in [-0.05, 0) is 43.2 Å². The summed E-state index contributed by atoms with van der Waals surface area (Å²) in [5.74, 6) is -0.212. The van der Waals surface area contributed by atoms with Crippen LogP contribution in [0.1, 0.15) is 28.4 Å². The molecule has 0 bridgehead atoms. The summed E-state index contributed by atoms with van der Waals surface area (Å²) in [6.07, 6.45) is 0.665. The lowest BCUT2D eigenvalue weighted by Gasteiger charge is -2.23. The Balaban J connectivity index is 1.71. The minimum Gasteiger partial charge on any atom is -0.385 e. The Kier molecular flexibility index (Phi) is 8.62. The van der Waals surface area contributed by atoms with Gasteiger partial charge < -0.3 is 10.1 Å². The molecule has 0 saturated carbocycles. The molecule has 3 aromatic carbocycles. The van der Waals surface area contributed by atoms with Crippen molar-refractivity contribution in [2.24, 2.45) is 0 Å². The molecule has 1 aliphatic heterocycles. The van der Waals surface area contributed by atoms with Gasteiger partial charge in [0.25, 0.3) is 0 Å². The van der Waals surface area contributed by atoms with E-state index in [-0.39, 0.29) is 35.2 Å². The summed E-state index contributed by atoms with van der Waals surface area (Å²) < 4.78 is 21.3. The first-order chi connectivity index (χ1) is 19.5. The standard InChI is InChI=1S/C31H31FN4O3S/c1-21-12-14-25(15-13-21)36-31-28(29(34-36)22-8-4-3-5-9-22)30(23-10-6-11-24(32)18-23)40-20-27(38)35(31)19-26(37)33-16-7-17-39-2/h3-6,8-15,18,30H,7,16-17,19-20H2,1-2H3,(H,33,37). The summed E-state index contributed by atoms with van der Waals surface area (Å²) in [5.41, 5.74) is 4.88. The van der Waals surface area contributed by atoms with Crippen molar-refractivity contribution >= 4 is 29.4 Å². The number of anilines is 1. The van der Waals surface area contributed by atoms with Crippen LogP contribution in [0.15, 0.2) is 78.9 Å². The maximum atomic E-state index is 14.5. The van der Waals surface area contributed by atoms with E-state index in [0.717, 1.165) is 27.9 Å². The van der Waals surface area contributed by atoms with Crippen LogP contribution in [-0.2, 0) is 14.3 Å². The molecule has 0 saturated heterocycles. The van der Waals surface area contributed by atoms with Crippen LogP contribution >= 0.6 is 11.8 Å². The minimum atomic E-state index is -0.390. The van der Waals surface area contributed by atoms with E-state index < -0.39 is 0 Å². The molecule has 5 rings (SSSR count). The number of amides is 2. The summed E-state index contributed by atoms with van der Waals surface area (Å²) in [5, 5.41) is 7.55. The number of ether oxygens (including phenoxy) is 1. The number of rotatable bonds is 9. The van der Waals surface area contributed by atoms with Crippen LogP contribution < -0.4 is 10.2 Å². The number of aromatic nitrogens is 2. The Morgan fingerprint density at radius 1 is 1.10 bits per heavy atom. The lowest BCUT2D eigenvalue weighted by molar-refractivity contribution is -0.122. The molecule has 0 fully saturated rings. The number of carbonyl (C=O) groups excluding carboxylic acids is 2. The van der Waals surface area contributed by atoms with Crippen molar-refractivity contribution in [1.82, 2.24) is 15.1 Å². The Morgan fingerprint density at radius 3 is 2.60 bits per heavy atom. The quantitative estimate of drug-likeness (QED) is 0.282. The van der Waals surface area contributed by atoms with E-state index >= 15 is 0 Å². The van der Waals surface area contributed by atoms with Crippen LogP contribution in [0.4, 0.5) is 10.2 Å². The van der Waals surface area contributed by atoms with Gasteiger partial charge in [0.2, 0.25) is 11.8 Å². The number of nitrogens with one attached hydrogen (secondary N) is 1. The van der Waals surface area contributed by atoms with Crippen molar-refractivity contribution in [2.75, 3.05) is 37.5 Å². The van der Waals surface area contributed by atoms with E-state index in [9.17, 15) is 14.0 Å². The normalized spacial score (nSPS) is 15.0. The monoisotopic (exact) mass is 558 g/mol. The molecule has 7 nitrogen and oxygen atoms in total. The minimum absolute atomic E-state index is 0.120. The zero-order valence-electron chi connectivity index (χ0n) is 22.5. The van der Waals surface area contributed by atoms with E-state index in [2.05, 4.69) is 5.32 Å². The second-order valence-corrected chi connectivity index (χ2v) is 10.7. The van der Waals surface area contributed by atoms with Crippen LogP contribution in [-0.4, -0.2) is 54.2 Å². The lowest BCUT2D eigenvalue weighted by atomic mass is 9.99. The zero-order valence-corrected chi connectivity index (χ0v) is 23.3. The molecule has 1 N–H and O–H groups in total. The van der Waals surface area contributed by atoms with Crippen molar-refractivity contribution in [1.29, 1.82) is 0 Å². The van der Waals surface area contributed by atoms with Crippen LogP contribution in [0, 0.1) is 12.7 Å². The highest BCUT2D eigenvalue weighted by Gasteiger charge is 2.37. The fraction of sp³-hybridized carbons (Fsp3) is 0.258. The van der Waals surface area contributed by atoms with Crippen molar-refractivity contribution in [3.8, 4) is 16.9 Å². The third-order valence-corrected chi connectivity index (χ3v) is 7.97. The van der Waals surface area contributed by atoms with Crippen LogP contribution in [0.3, 0.4) is 0 Å². The average molecular weight is 559 g/mol. The topological polar surface area (TPSA) is 76.5 Å². The molecule has 206 valence electrons. The highest BCUT2D eigenvalue weighted by atomic mass is 32.2. The number of benzene rings is 3. The second kappa shape index (κ2) is 12.5. The Hall–Kier alpha value is -3.95. The second-order valence-electron chi connectivity index (χ2n) is 9.62. The molecule has 0 spiro atoms. The van der Waals surface area contributed by atoms with Gasteiger partial charge in [-0.2, -0.15) is 5.10 Å². The van der Waals surface area contributed by atoms with Crippen LogP contribution in [0.2, 0.25) is 0 Å². The molecule has 1 unspecified atom stereocenters. The van der Waals surface area contributed by atoms with Gasteiger partial charge in [-0.15, -0.1) is 11.8 Å². The molecule has 4 aromatic rings. The molecule has 2 amide bonds. The van der Waals surface area contributed by atoms with E-state index in [1.807, 2.05) is 67.6 Å². The molecule has 40 heavy (non-hydrogen) atoms. The molecule has 0 aliphatic carbocycles. The van der Waals surface area contributed by atoms with E-state index in [4.69, 9.17) is 9.84 Å². The molecule has 0 radical (unpaired) electrons. The predicted molar refractivity (Wildman–Crippen MR) is 156 cm³/mol. The fourth-order valence-electron chi connectivity index (χ4n) is 4.77. The van der Waals surface area contributed by atoms with Crippen molar-refractivity contribution in [2.45, 2.75) is 18.6 Å². The van der Waals surface area contributed by atoms with E-state index in [1.165, 1.54) is 28.8 Å². The Labute approximate surface area is 237 Å². The predicted octanol–water partition coefficient (Wildman–Crippen LogP) is 5.31. The van der Waals surface area contributed by atoms with Gasteiger partial charge >= 0.3 is 0 Å². The average Bonchev–Trinajstić information content (AvgIpc) is 3.28. The lowest BCUT2D eigenvalue weighted by Crippen LogP contribution is -2.42. The summed E-state index contributed by atoms with van der Waals surface area (Å²) in [7, 11) is 1.61. The fourth-order valence-corrected chi connectivity index (χ4v) is 5.96. The Bertz CT molecular complexity index is 1490. The van der Waals surface area contributed by atoms with Crippen LogP contribution in [0.5, 0.6) is 0 Å². The molecule has 1 aliphatic rings. The van der Waals surface area contributed by atoms with Gasteiger partial charge in [0, 0.05) is 31.4 Å². The first-order valence-corrected chi connectivity index (χ1v) is 14.2. The molecule has 2 heterocycles. The number of methoxy groups -OCH3 is 1. The Morgan fingerprint density at radius 2 is 1.88 bits per heavy atom. The van der Waals surface area contributed by atoms with Gasteiger partial charge in [0.1, 0.15) is 18.2 Å². The largest absolute Gasteiger partial charge is 0.385 e. The number of aryl methyl sites for hydroxylation is 1. The first-order valence-electron chi connectivity index (χ1n) is 13.1. The SMILES string of the molecule is COCCCNC(=O)CN1C(=O)CSC(c2cccc(F)c2)c2c(-c3ccccc3)nn(-c3ccc(C)cc3)c21. The molecular weight excluding hydrogens is 527 g/mol. The summed E-state index contributed by atoms with van der Waals surface area (Å²) in [4.78, 5) is 28.3. The number of hydrogen-bond donors (Lipinski definition) is 1. The summed E-state index contributed by atoms with van der Waals surface area (Å²) in [6, 6.07) is 24.0. The highest BCUT2D eigenvalue weighted by Crippen LogP contribution is 2.48. The van der Waals surface area contributed by atoms with Crippen molar-refractivity contribution < 1.29 is 18.7 Å². The van der Waals surface area contributed by atoms with Gasteiger partial charge in [-0.25, -0.2) is 9.07 Å². The maximum absolute atomic E-state index is 14.5. The molecule has 1 aromatic heterocycles. The van der Waals surface area contributed by atoms with Crippen LogP contribution in [0.25, 0.3) is 16.9 Å². The van der Waals surface area contributed by atoms with Gasteiger partial charge in [-0.1, -0.05) is 60.2 Å². The molecular formula is C31H31FN4O3S. The number of nitrogens with zero attached hydrogens (tertiary/aromatic N) is 3. The van der Waals surface area contributed by atoms with Crippen molar-refractivity contribution in [3.05, 3.63) is 101 Å². The number of halogens is 1. The third-order valence-electron chi connectivity index (χ3n) is 6.72.